The van der Waals surface area contributed by atoms with Gasteiger partial charge < -0.3 is 20.1 Å². The molecule has 0 aliphatic rings. The number of hydrogen-bond donors (Lipinski definition) is 2. The van der Waals surface area contributed by atoms with Crippen molar-refractivity contribution in [3.05, 3.63) is 53.1 Å². The fourth-order valence-corrected chi connectivity index (χ4v) is 2.38. The second-order valence-corrected chi connectivity index (χ2v) is 5.54. The van der Waals surface area contributed by atoms with E-state index in [2.05, 4.69) is 10.6 Å². The first kappa shape index (κ1) is 18.1. The third kappa shape index (κ3) is 5.15. The summed E-state index contributed by atoms with van der Waals surface area (Å²) in [5, 5.41) is 6.77. The number of carbonyl (C=O) groups excluding carboxylic acids is 1. The lowest BCUT2D eigenvalue weighted by Gasteiger charge is -2.12. The maximum absolute atomic E-state index is 12.0. The van der Waals surface area contributed by atoms with E-state index in [-0.39, 0.29) is 5.91 Å². The van der Waals surface area contributed by atoms with Gasteiger partial charge in [-0.25, -0.2) is 0 Å². The minimum Gasteiger partial charge on any atom is -0.497 e. The quantitative estimate of drug-likeness (QED) is 0.717. The first-order valence-electron chi connectivity index (χ1n) is 7.60. The van der Waals surface area contributed by atoms with E-state index in [0.717, 1.165) is 10.6 Å². The van der Waals surface area contributed by atoms with Gasteiger partial charge in [0.1, 0.15) is 11.5 Å². The van der Waals surface area contributed by atoms with E-state index in [9.17, 15) is 4.79 Å². The molecule has 2 N–H and O–H groups in total. The monoisotopic (exact) mass is 348 g/mol. The number of nitrogens with one attached hydrogen (secondary N) is 2. The van der Waals surface area contributed by atoms with Crippen LogP contribution in [0, 0.1) is 0 Å². The molecule has 0 fully saturated rings. The Morgan fingerprint density at radius 3 is 2.62 bits per heavy atom. The predicted molar refractivity (Wildman–Crippen MR) is 96.0 cm³/mol. The highest BCUT2D eigenvalue weighted by atomic mass is 35.5. The zero-order valence-corrected chi connectivity index (χ0v) is 14.5. The number of halogens is 1. The third-order valence-electron chi connectivity index (χ3n) is 3.48. The fraction of sp³-hybridized carbons (Fsp3) is 0.278. The van der Waals surface area contributed by atoms with Crippen molar-refractivity contribution in [1.29, 1.82) is 0 Å². The van der Waals surface area contributed by atoms with E-state index in [1.807, 2.05) is 24.3 Å². The number of rotatable bonds is 8. The zero-order valence-electron chi connectivity index (χ0n) is 13.8. The summed E-state index contributed by atoms with van der Waals surface area (Å²) in [6.45, 7) is 1.17. The molecule has 0 unspecified atom stereocenters. The third-order valence-corrected chi connectivity index (χ3v) is 3.85. The number of hydrogen-bond acceptors (Lipinski definition) is 4. The second-order valence-electron chi connectivity index (χ2n) is 5.13. The van der Waals surface area contributed by atoms with Crippen LogP contribution in [0.5, 0.6) is 11.5 Å². The molecule has 1 amide bonds. The summed E-state index contributed by atoms with van der Waals surface area (Å²) < 4.78 is 10.4. The van der Waals surface area contributed by atoms with Crippen LogP contribution in [0.25, 0.3) is 0 Å². The molecule has 0 aromatic heterocycles. The molecule has 0 bridgehead atoms. The smallest absolute Gasteiger partial charge is 0.225 e. The van der Waals surface area contributed by atoms with Crippen LogP contribution in [0.4, 0.5) is 5.69 Å². The van der Waals surface area contributed by atoms with Crippen LogP contribution < -0.4 is 20.1 Å². The lowest BCUT2D eigenvalue weighted by molar-refractivity contribution is -0.116. The highest BCUT2D eigenvalue weighted by Gasteiger charge is 2.09. The molecule has 24 heavy (non-hydrogen) atoms. The first-order chi connectivity index (χ1) is 11.6. The summed E-state index contributed by atoms with van der Waals surface area (Å²) in [4.78, 5) is 12.0. The number of benzene rings is 2. The van der Waals surface area contributed by atoms with Crippen LogP contribution >= 0.6 is 11.6 Å². The van der Waals surface area contributed by atoms with Crippen molar-refractivity contribution in [2.24, 2.45) is 0 Å². The molecule has 0 atom stereocenters. The summed E-state index contributed by atoms with van der Waals surface area (Å²) in [6.07, 6.45) is 0.347. The maximum atomic E-state index is 12.0. The van der Waals surface area contributed by atoms with Gasteiger partial charge in [0.25, 0.3) is 0 Å². The van der Waals surface area contributed by atoms with Gasteiger partial charge in [0.05, 0.1) is 19.9 Å². The Morgan fingerprint density at radius 1 is 1.12 bits per heavy atom. The summed E-state index contributed by atoms with van der Waals surface area (Å²) in [6, 6.07) is 12.9. The van der Waals surface area contributed by atoms with Crippen LogP contribution in [0.1, 0.15) is 12.0 Å². The molecular formula is C18H21ClN2O3. The SMILES string of the molecule is COc1ccc(NC(=O)CCNCc2ccccc2Cl)c(OC)c1. The normalized spacial score (nSPS) is 10.3. The number of anilines is 1. The van der Waals surface area contributed by atoms with E-state index in [1.165, 1.54) is 0 Å². The number of carbonyl (C=O) groups is 1. The van der Waals surface area contributed by atoms with Crippen molar-refractivity contribution in [3.8, 4) is 11.5 Å². The molecule has 5 nitrogen and oxygen atoms in total. The van der Waals surface area contributed by atoms with E-state index in [1.54, 1.807) is 32.4 Å². The summed E-state index contributed by atoms with van der Waals surface area (Å²) in [5.41, 5.74) is 1.63. The lowest BCUT2D eigenvalue weighted by Crippen LogP contribution is -2.21. The van der Waals surface area contributed by atoms with Gasteiger partial charge in [0.15, 0.2) is 0 Å². The van der Waals surface area contributed by atoms with E-state index < -0.39 is 0 Å². The number of amides is 1. The standard InChI is InChI=1S/C18H21ClN2O3/c1-23-14-7-8-16(17(11-14)24-2)21-18(22)9-10-20-12-13-5-3-4-6-15(13)19/h3-8,11,20H,9-10,12H2,1-2H3,(H,21,22). The number of methoxy groups -OCH3 is 2. The second kappa shape index (κ2) is 9.15. The van der Waals surface area contributed by atoms with Crippen LogP contribution in [0.2, 0.25) is 5.02 Å². The first-order valence-corrected chi connectivity index (χ1v) is 7.98. The van der Waals surface area contributed by atoms with Gasteiger partial charge >= 0.3 is 0 Å². The molecule has 128 valence electrons. The molecule has 0 aliphatic carbocycles. The predicted octanol–water partition coefficient (Wildman–Crippen LogP) is 3.48. The van der Waals surface area contributed by atoms with Crippen molar-refractivity contribution >= 4 is 23.2 Å². The van der Waals surface area contributed by atoms with Crippen molar-refractivity contribution in [1.82, 2.24) is 5.32 Å². The minimum absolute atomic E-state index is 0.0925. The highest BCUT2D eigenvalue weighted by Crippen LogP contribution is 2.29. The summed E-state index contributed by atoms with van der Waals surface area (Å²) in [5.74, 6) is 1.14. The summed E-state index contributed by atoms with van der Waals surface area (Å²) in [7, 11) is 3.13. The average molecular weight is 349 g/mol. The van der Waals surface area contributed by atoms with E-state index in [0.29, 0.717) is 36.7 Å². The zero-order chi connectivity index (χ0) is 17.4. The Hall–Kier alpha value is -2.24. The largest absolute Gasteiger partial charge is 0.497 e. The molecule has 0 spiro atoms. The lowest BCUT2D eigenvalue weighted by atomic mass is 10.2. The van der Waals surface area contributed by atoms with Gasteiger partial charge in [0.2, 0.25) is 5.91 Å². The Balaban J connectivity index is 1.80. The molecule has 2 rings (SSSR count). The van der Waals surface area contributed by atoms with Gasteiger partial charge in [0, 0.05) is 30.6 Å². The Morgan fingerprint density at radius 2 is 1.92 bits per heavy atom. The van der Waals surface area contributed by atoms with Crippen LogP contribution in [0.3, 0.4) is 0 Å². The van der Waals surface area contributed by atoms with Gasteiger partial charge in [-0.1, -0.05) is 29.8 Å². The average Bonchev–Trinajstić information content (AvgIpc) is 2.60. The Kier molecular flexibility index (Phi) is 6.90. The molecule has 0 aliphatic heterocycles. The fourth-order valence-electron chi connectivity index (χ4n) is 2.18. The van der Waals surface area contributed by atoms with Gasteiger partial charge in [-0.3, -0.25) is 4.79 Å². The molecule has 0 saturated carbocycles. The van der Waals surface area contributed by atoms with Crippen LogP contribution in [-0.2, 0) is 11.3 Å². The molecule has 6 heteroatoms. The van der Waals surface area contributed by atoms with Crippen molar-refractivity contribution in [2.45, 2.75) is 13.0 Å². The molecule has 2 aromatic carbocycles. The van der Waals surface area contributed by atoms with Crippen molar-refractivity contribution < 1.29 is 14.3 Å². The molecule has 2 aromatic rings. The Labute approximate surface area is 146 Å². The van der Waals surface area contributed by atoms with Gasteiger partial charge in [-0.15, -0.1) is 0 Å². The topological polar surface area (TPSA) is 59.6 Å². The van der Waals surface area contributed by atoms with Crippen molar-refractivity contribution in [2.75, 3.05) is 26.1 Å². The molecule has 0 radical (unpaired) electrons. The Bertz CT molecular complexity index is 692. The van der Waals surface area contributed by atoms with Crippen LogP contribution in [0.15, 0.2) is 42.5 Å². The molecule has 0 heterocycles. The van der Waals surface area contributed by atoms with Crippen molar-refractivity contribution in [3.63, 3.8) is 0 Å². The maximum Gasteiger partial charge on any atom is 0.225 e. The van der Waals surface area contributed by atoms with Gasteiger partial charge in [-0.2, -0.15) is 0 Å². The van der Waals surface area contributed by atoms with E-state index >= 15 is 0 Å². The molecule has 0 saturated heterocycles. The van der Waals surface area contributed by atoms with E-state index in [4.69, 9.17) is 21.1 Å². The molecular weight excluding hydrogens is 328 g/mol. The summed E-state index contributed by atoms with van der Waals surface area (Å²) >= 11 is 6.09. The van der Waals surface area contributed by atoms with Crippen LogP contribution in [-0.4, -0.2) is 26.7 Å². The highest BCUT2D eigenvalue weighted by molar-refractivity contribution is 6.31. The van der Waals surface area contributed by atoms with Gasteiger partial charge in [-0.05, 0) is 23.8 Å². The minimum atomic E-state index is -0.0925. The number of ether oxygens (including phenoxy) is 2.